The van der Waals surface area contributed by atoms with E-state index in [1.807, 2.05) is 54.1 Å². The van der Waals surface area contributed by atoms with Crippen molar-refractivity contribution < 1.29 is 4.79 Å². The molecule has 0 aliphatic carbocycles. The minimum absolute atomic E-state index is 0.0481. The summed E-state index contributed by atoms with van der Waals surface area (Å²) in [5, 5.41) is 0. The van der Waals surface area contributed by atoms with Gasteiger partial charge in [-0.25, -0.2) is 0 Å². The molecule has 1 heterocycles. The van der Waals surface area contributed by atoms with E-state index in [1.165, 1.54) is 11.1 Å². The summed E-state index contributed by atoms with van der Waals surface area (Å²) in [6.07, 6.45) is 0. The first-order valence-electron chi connectivity index (χ1n) is 10.8. The van der Waals surface area contributed by atoms with E-state index in [2.05, 4.69) is 69.1 Å². The first-order valence-corrected chi connectivity index (χ1v) is 11.6. The van der Waals surface area contributed by atoms with E-state index in [9.17, 15) is 4.79 Å². The average molecular weight is 441 g/mol. The molecular formula is C28H28N2OS. The Morgan fingerprint density at radius 2 is 1.47 bits per heavy atom. The summed E-state index contributed by atoms with van der Waals surface area (Å²) in [6, 6.07) is 26.5. The van der Waals surface area contributed by atoms with Gasteiger partial charge in [-0.2, -0.15) is 4.99 Å². The van der Waals surface area contributed by atoms with Crippen LogP contribution in [0.5, 0.6) is 0 Å². The highest BCUT2D eigenvalue weighted by Crippen LogP contribution is 2.34. The Morgan fingerprint density at radius 1 is 0.844 bits per heavy atom. The number of benzene rings is 3. The van der Waals surface area contributed by atoms with E-state index in [0.717, 1.165) is 21.7 Å². The molecule has 1 aromatic heterocycles. The summed E-state index contributed by atoms with van der Waals surface area (Å²) < 4.78 is 2.03. The van der Waals surface area contributed by atoms with Crippen molar-refractivity contribution >= 4 is 17.2 Å². The average Bonchev–Trinajstić information content (AvgIpc) is 3.10. The van der Waals surface area contributed by atoms with E-state index in [4.69, 9.17) is 0 Å². The van der Waals surface area contributed by atoms with E-state index >= 15 is 0 Å². The van der Waals surface area contributed by atoms with Gasteiger partial charge in [0, 0.05) is 12.6 Å². The van der Waals surface area contributed by atoms with Crippen molar-refractivity contribution in [2.75, 3.05) is 0 Å². The van der Waals surface area contributed by atoms with Gasteiger partial charge in [0.1, 0.15) is 0 Å². The van der Waals surface area contributed by atoms with Gasteiger partial charge in [0.15, 0.2) is 4.80 Å². The molecule has 32 heavy (non-hydrogen) atoms. The molecule has 3 nitrogen and oxygen atoms in total. The monoisotopic (exact) mass is 440 g/mol. The molecule has 4 heteroatoms. The lowest BCUT2D eigenvalue weighted by Crippen LogP contribution is -2.15. The van der Waals surface area contributed by atoms with E-state index in [-0.39, 0.29) is 11.3 Å². The molecule has 0 saturated carbocycles. The van der Waals surface area contributed by atoms with Crippen LogP contribution < -0.4 is 4.80 Å². The number of aryl methyl sites for hydroxylation is 1. The van der Waals surface area contributed by atoms with Crippen molar-refractivity contribution in [3.05, 3.63) is 100 Å². The maximum Gasteiger partial charge on any atom is 0.279 e. The number of aromatic nitrogens is 1. The first kappa shape index (κ1) is 22.0. The molecule has 1 amide bonds. The van der Waals surface area contributed by atoms with Gasteiger partial charge in [-0.1, -0.05) is 104 Å². The minimum atomic E-state index is -0.225. The van der Waals surface area contributed by atoms with Crippen LogP contribution in [0, 0.1) is 6.92 Å². The lowest BCUT2D eigenvalue weighted by Gasteiger charge is -2.18. The second kappa shape index (κ2) is 8.71. The topological polar surface area (TPSA) is 34.4 Å². The van der Waals surface area contributed by atoms with Crippen molar-refractivity contribution in [3.8, 4) is 21.7 Å². The van der Waals surface area contributed by atoms with Crippen LogP contribution in [-0.2, 0) is 12.5 Å². The van der Waals surface area contributed by atoms with Crippen molar-refractivity contribution in [2.45, 2.75) is 33.1 Å². The number of thiazole rings is 1. The third-order valence-corrected chi connectivity index (χ3v) is 6.77. The highest BCUT2D eigenvalue weighted by Gasteiger charge is 2.17. The van der Waals surface area contributed by atoms with Crippen LogP contribution in [0.2, 0.25) is 0 Å². The quantitative estimate of drug-likeness (QED) is 0.346. The van der Waals surface area contributed by atoms with Gasteiger partial charge in [-0.05, 0) is 41.2 Å². The highest BCUT2D eigenvalue weighted by atomic mass is 32.1. The molecule has 0 aliphatic rings. The Balaban J connectivity index is 1.82. The number of hydrogen-bond donors (Lipinski definition) is 0. The second-order valence-electron chi connectivity index (χ2n) is 9.10. The van der Waals surface area contributed by atoms with Crippen LogP contribution in [0.3, 0.4) is 0 Å². The van der Waals surface area contributed by atoms with Gasteiger partial charge in [-0.3, -0.25) is 4.79 Å². The van der Waals surface area contributed by atoms with Crippen LogP contribution in [0.15, 0.2) is 83.9 Å². The fourth-order valence-corrected chi connectivity index (χ4v) is 4.78. The number of carbonyl (C=O) groups excluding carboxylic acids is 1. The Morgan fingerprint density at radius 3 is 2.06 bits per heavy atom. The van der Waals surface area contributed by atoms with E-state index in [0.29, 0.717) is 10.4 Å². The van der Waals surface area contributed by atoms with Crippen LogP contribution in [0.4, 0.5) is 0 Å². The van der Waals surface area contributed by atoms with Gasteiger partial charge < -0.3 is 4.57 Å². The van der Waals surface area contributed by atoms with Gasteiger partial charge in [0.2, 0.25) is 0 Å². The van der Waals surface area contributed by atoms with Gasteiger partial charge in [0.25, 0.3) is 5.91 Å². The molecule has 0 atom stereocenters. The minimum Gasteiger partial charge on any atom is -0.319 e. The van der Waals surface area contributed by atoms with Crippen LogP contribution >= 0.6 is 11.3 Å². The van der Waals surface area contributed by atoms with Crippen LogP contribution in [0.25, 0.3) is 21.7 Å². The van der Waals surface area contributed by atoms with Crippen molar-refractivity contribution in [1.82, 2.24) is 4.57 Å². The lowest BCUT2D eigenvalue weighted by atomic mass is 9.87. The normalized spacial score (nSPS) is 12.2. The zero-order chi connectivity index (χ0) is 22.9. The fourth-order valence-electron chi connectivity index (χ4n) is 3.64. The highest BCUT2D eigenvalue weighted by molar-refractivity contribution is 7.13. The molecule has 0 N–H and O–H groups in total. The van der Waals surface area contributed by atoms with Crippen molar-refractivity contribution in [3.63, 3.8) is 0 Å². The molecule has 0 saturated heterocycles. The van der Waals surface area contributed by atoms with E-state index < -0.39 is 0 Å². The smallest absolute Gasteiger partial charge is 0.279 e. The maximum absolute atomic E-state index is 13.0. The van der Waals surface area contributed by atoms with E-state index in [1.54, 1.807) is 11.3 Å². The summed E-state index contributed by atoms with van der Waals surface area (Å²) in [4.78, 5) is 19.3. The molecular weight excluding hydrogens is 412 g/mol. The van der Waals surface area contributed by atoms with Crippen LogP contribution in [-0.4, -0.2) is 10.5 Å². The standard InChI is InChI=1S/C28H28N2OS/c1-19-11-13-20(14-12-19)24-25(21-9-7-6-8-10-21)32-27(30(24)5)29-26(31)22-15-17-23(18-16-22)28(2,3)4/h6-18H,1-5H3. The number of hydrogen-bond acceptors (Lipinski definition) is 2. The summed E-state index contributed by atoms with van der Waals surface area (Å²) in [5.74, 6) is -0.225. The third-order valence-electron chi connectivity index (χ3n) is 5.59. The predicted molar refractivity (Wildman–Crippen MR) is 134 cm³/mol. The summed E-state index contributed by atoms with van der Waals surface area (Å²) >= 11 is 1.54. The fraction of sp³-hybridized carbons (Fsp3) is 0.214. The molecule has 0 spiro atoms. The molecule has 0 aliphatic heterocycles. The van der Waals surface area contributed by atoms with Crippen molar-refractivity contribution in [2.24, 2.45) is 12.0 Å². The lowest BCUT2D eigenvalue weighted by molar-refractivity contribution is 0.0998. The predicted octanol–water partition coefficient (Wildman–Crippen LogP) is 6.77. The Bertz CT molecular complexity index is 1300. The molecule has 0 unspecified atom stereocenters. The molecule has 0 bridgehead atoms. The molecule has 0 radical (unpaired) electrons. The number of carbonyl (C=O) groups is 1. The third kappa shape index (κ3) is 4.51. The maximum atomic E-state index is 13.0. The number of nitrogens with zero attached hydrogens (tertiary/aromatic N) is 2. The summed E-state index contributed by atoms with van der Waals surface area (Å²) in [5.41, 5.74) is 6.35. The van der Waals surface area contributed by atoms with Gasteiger partial charge in [-0.15, -0.1) is 0 Å². The summed E-state index contributed by atoms with van der Waals surface area (Å²) in [6.45, 7) is 8.58. The molecule has 0 fully saturated rings. The SMILES string of the molecule is Cc1ccc(-c2c(-c3ccccc3)sc(=NC(=O)c3ccc(C(C)(C)C)cc3)n2C)cc1. The Labute approximate surface area is 193 Å². The van der Waals surface area contributed by atoms with Crippen LogP contribution in [0.1, 0.15) is 42.3 Å². The zero-order valence-corrected chi connectivity index (χ0v) is 20.0. The van der Waals surface area contributed by atoms with Crippen molar-refractivity contribution in [1.29, 1.82) is 0 Å². The Hall–Kier alpha value is -3.24. The van der Waals surface area contributed by atoms with Gasteiger partial charge in [0.05, 0.1) is 10.6 Å². The largest absolute Gasteiger partial charge is 0.319 e. The molecule has 4 rings (SSSR count). The molecule has 162 valence electrons. The second-order valence-corrected chi connectivity index (χ2v) is 10.1. The summed E-state index contributed by atoms with van der Waals surface area (Å²) in [7, 11) is 1.98. The molecule has 3 aromatic carbocycles. The zero-order valence-electron chi connectivity index (χ0n) is 19.2. The van der Waals surface area contributed by atoms with Gasteiger partial charge >= 0.3 is 0 Å². The number of rotatable bonds is 3. The Kier molecular flexibility index (Phi) is 5.98. The first-order chi connectivity index (χ1) is 15.2. The molecule has 4 aromatic rings. The number of amides is 1.